The topological polar surface area (TPSA) is 102 Å². The Morgan fingerprint density at radius 1 is 1.27 bits per heavy atom. The molecule has 30 heavy (non-hydrogen) atoms. The molecule has 0 radical (unpaired) electrons. The van der Waals surface area contributed by atoms with Crippen LogP contribution in [0.1, 0.15) is 37.0 Å². The van der Waals surface area contributed by atoms with Crippen molar-refractivity contribution in [3.05, 3.63) is 42.4 Å². The third kappa shape index (κ3) is 4.00. The summed E-state index contributed by atoms with van der Waals surface area (Å²) >= 11 is 0. The molecule has 1 aromatic heterocycles. The fourth-order valence-electron chi connectivity index (χ4n) is 4.12. The molecule has 1 N–H and O–H groups in total. The number of hydrogen-bond donors (Lipinski definition) is 1. The third-order valence-electron chi connectivity index (χ3n) is 5.57. The monoisotopic (exact) mass is 411 g/mol. The lowest BCUT2D eigenvalue weighted by atomic mass is 10.0. The van der Waals surface area contributed by atoms with Crippen molar-refractivity contribution in [3.63, 3.8) is 0 Å². The normalized spacial score (nSPS) is 21.7. The molecule has 3 atom stereocenters. The summed E-state index contributed by atoms with van der Waals surface area (Å²) in [6, 6.07) is 5.70. The number of oxazole rings is 1. The average Bonchev–Trinajstić information content (AvgIpc) is 3.46. The Balaban J connectivity index is 1.48. The number of ketones is 1. The highest BCUT2D eigenvalue weighted by atomic mass is 16.5. The number of carbonyl (C=O) groups is 3. The van der Waals surface area contributed by atoms with Crippen molar-refractivity contribution in [2.24, 2.45) is 5.92 Å². The zero-order chi connectivity index (χ0) is 21.3. The van der Waals surface area contributed by atoms with E-state index < -0.39 is 12.1 Å². The van der Waals surface area contributed by atoms with E-state index in [2.05, 4.69) is 10.3 Å². The van der Waals surface area contributed by atoms with Crippen LogP contribution >= 0.6 is 0 Å². The van der Waals surface area contributed by atoms with E-state index in [1.54, 1.807) is 35.4 Å². The van der Waals surface area contributed by atoms with Gasteiger partial charge in [0.15, 0.2) is 17.9 Å². The Morgan fingerprint density at radius 2 is 2.03 bits per heavy atom. The molecule has 0 bridgehead atoms. The number of nitrogens with zero attached hydrogens (tertiary/aromatic N) is 2. The Morgan fingerprint density at radius 3 is 2.70 bits per heavy atom. The minimum Gasteiger partial charge on any atom is -0.444 e. The van der Waals surface area contributed by atoms with Crippen LogP contribution in [0.25, 0.3) is 11.3 Å². The van der Waals surface area contributed by atoms with Gasteiger partial charge in [0.25, 0.3) is 5.91 Å². The molecule has 2 amide bonds. The summed E-state index contributed by atoms with van der Waals surface area (Å²) in [5.74, 6) is 0.192. The lowest BCUT2D eigenvalue weighted by Gasteiger charge is -2.28. The second-order valence-corrected chi connectivity index (χ2v) is 8.18. The van der Waals surface area contributed by atoms with Crippen LogP contribution in [0.15, 0.2) is 41.3 Å². The standard InChI is InChI=1S/C22H25N3O5/c1-13(2)9-16(22(28)25-8-7-18-20(25)17(26)11-29-18)24-21(27)15-5-3-14(4-6-15)19-10-23-12-30-19/h3-6,10,12-13,16,18,20H,7-9,11H2,1-2H3,(H,24,27)/t16-,18?,20?/m0/s1. The Kier molecular flexibility index (Phi) is 5.67. The van der Waals surface area contributed by atoms with E-state index in [4.69, 9.17) is 9.15 Å². The van der Waals surface area contributed by atoms with Gasteiger partial charge in [-0.25, -0.2) is 4.98 Å². The van der Waals surface area contributed by atoms with Crippen LogP contribution in [0.4, 0.5) is 0 Å². The number of nitrogens with one attached hydrogen (secondary N) is 1. The summed E-state index contributed by atoms with van der Waals surface area (Å²) < 4.78 is 10.7. The number of aromatic nitrogens is 1. The molecule has 2 fully saturated rings. The van der Waals surface area contributed by atoms with E-state index in [1.165, 1.54) is 6.39 Å². The minimum absolute atomic E-state index is 0.0534. The number of amides is 2. The van der Waals surface area contributed by atoms with E-state index in [0.717, 1.165) is 5.56 Å². The summed E-state index contributed by atoms with van der Waals surface area (Å²) in [4.78, 5) is 43.7. The highest BCUT2D eigenvalue weighted by Gasteiger charge is 2.48. The molecule has 3 heterocycles. The third-order valence-corrected chi connectivity index (χ3v) is 5.57. The largest absolute Gasteiger partial charge is 0.444 e. The van der Waals surface area contributed by atoms with Gasteiger partial charge in [-0.15, -0.1) is 0 Å². The Hall–Kier alpha value is -3.00. The van der Waals surface area contributed by atoms with Crippen molar-refractivity contribution in [2.45, 2.75) is 44.9 Å². The van der Waals surface area contributed by atoms with Gasteiger partial charge in [0.1, 0.15) is 18.7 Å². The maximum Gasteiger partial charge on any atom is 0.251 e. The molecule has 2 aromatic rings. The molecule has 8 nitrogen and oxygen atoms in total. The van der Waals surface area contributed by atoms with Gasteiger partial charge in [0.2, 0.25) is 5.91 Å². The molecule has 2 unspecified atom stereocenters. The van der Waals surface area contributed by atoms with Crippen molar-refractivity contribution in [2.75, 3.05) is 13.2 Å². The summed E-state index contributed by atoms with van der Waals surface area (Å²) in [6.45, 7) is 4.51. The molecule has 4 rings (SSSR count). The number of rotatable bonds is 6. The first-order chi connectivity index (χ1) is 14.4. The minimum atomic E-state index is -0.696. The quantitative estimate of drug-likeness (QED) is 0.781. The van der Waals surface area contributed by atoms with Gasteiger partial charge in [-0.1, -0.05) is 26.0 Å². The smallest absolute Gasteiger partial charge is 0.251 e. The van der Waals surface area contributed by atoms with E-state index >= 15 is 0 Å². The maximum atomic E-state index is 13.2. The van der Waals surface area contributed by atoms with Gasteiger partial charge >= 0.3 is 0 Å². The SMILES string of the molecule is CC(C)C[C@H](NC(=O)c1ccc(-c2cnco2)cc1)C(=O)N1CCC2OCC(=O)C21. The van der Waals surface area contributed by atoms with E-state index in [9.17, 15) is 14.4 Å². The lowest BCUT2D eigenvalue weighted by Crippen LogP contribution is -2.52. The van der Waals surface area contributed by atoms with Crippen LogP contribution in [0.2, 0.25) is 0 Å². The second kappa shape index (κ2) is 8.39. The molecule has 2 aliphatic rings. The molecular formula is C22H25N3O5. The predicted molar refractivity (Wildman–Crippen MR) is 108 cm³/mol. The summed E-state index contributed by atoms with van der Waals surface area (Å²) in [7, 11) is 0. The molecule has 1 aromatic carbocycles. The highest BCUT2D eigenvalue weighted by molar-refractivity contribution is 5.99. The highest BCUT2D eigenvalue weighted by Crippen LogP contribution is 2.28. The van der Waals surface area contributed by atoms with Crippen LogP contribution in [0, 0.1) is 5.92 Å². The van der Waals surface area contributed by atoms with Crippen LogP contribution in [0.3, 0.4) is 0 Å². The number of ether oxygens (including phenoxy) is 1. The van der Waals surface area contributed by atoms with E-state index in [0.29, 0.717) is 30.7 Å². The number of likely N-dealkylation sites (tertiary alicyclic amines) is 1. The first kappa shape index (κ1) is 20.3. The van der Waals surface area contributed by atoms with E-state index in [1.807, 2.05) is 13.8 Å². The second-order valence-electron chi connectivity index (χ2n) is 8.18. The van der Waals surface area contributed by atoms with Crippen LogP contribution in [-0.4, -0.2) is 58.8 Å². The van der Waals surface area contributed by atoms with E-state index in [-0.39, 0.29) is 36.2 Å². The van der Waals surface area contributed by atoms with Gasteiger partial charge in [-0.2, -0.15) is 0 Å². The molecule has 0 aliphatic carbocycles. The van der Waals surface area contributed by atoms with Gasteiger partial charge in [-0.05, 0) is 30.9 Å². The summed E-state index contributed by atoms with van der Waals surface area (Å²) in [6.07, 6.45) is 3.86. The zero-order valence-electron chi connectivity index (χ0n) is 17.0. The van der Waals surface area contributed by atoms with Crippen molar-refractivity contribution in [1.82, 2.24) is 15.2 Å². The predicted octanol–water partition coefficient (Wildman–Crippen LogP) is 2.05. The first-order valence-corrected chi connectivity index (χ1v) is 10.2. The van der Waals surface area contributed by atoms with Gasteiger partial charge in [0, 0.05) is 17.7 Å². The van der Waals surface area contributed by atoms with Crippen LogP contribution in [0.5, 0.6) is 0 Å². The van der Waals surface area contributed by atoms with Crippen molar-refractivity contribution in [3.8, 4) is 11.3 Å². The number of Topliss-reactive ketones (excluding diaryl/α,β-unsaturated/α-hetero) is 1. The first-order valence-electron chi connectivity index (χ1n) is 10.2. The van der Waals surface area contributed by atoms with Crippen molar-refractivity contribution in [1.29, 1.82) is 0 Å². The van der Waals surface area contributed by atoms with Gasteiger partial charge in [-0.3, -0.25) is 14.4 Å². The van der Waals surface area contributed by atoms with Crippen molar-refractivity contribution < 1.29 is 23.5 Å². The molecule has 2 aliphatic heterocycles. The maximum absolute atomic E-state index is 13.2. The lowest BCUT2D eigenvalue weighted by molar-refractivity contribution is -0.138. The van der Waals surface area contributed by atoms with Gasteiger partial charge in [0.05, 0.1) is 12.3 Å². The molecule has 158 valence electrons. The number of carbonyl (C=O) groups excluding carboxylic acids is 3. The van der Waals surface area contributed by atoms with Crippen LogP contribution in [-0.2, 0) is 14.3 Å². The number of fused-ring (bicyclic) bond motifs is 1. The van der Waals surface area contributed by atoms with Crippen molar-refractivity contribution >= 4 is 17.6 Å². The Labute approximate surface area is 174 Å². The fraction of sp³-hybridized carbons (Fsp3) is 0.455. The molecule has 2 saturated heterocycles. The summed E-state index contributed by atoms with van der Waals surface area (Å²) in [5.41, 5.74) is 1.25. The van der Waals surface area contributed by atoms with Crippen LogP contribution < -0.4 is 5.32 Å². The number of hydrogen-bond acceptors (Lipinski definition) is 6. The molecule has 0 spiro atoms. The summed E-state index contributed by atoms with van der Waals surface area (Å²) in [5, 5.41) is 2.87. The zero-order valence-corrected chi connectivity index (χ0v) is 17.0. The number of benzene rings is 1. The molecular weight excluding hydrogens is 386 g/mol. The average molecular weight is 411 g/mol. The molecule has 0 saturated carbocycles. The fourth-order valence-corrected chi connectivity index (χ4v) is 4.12. The molecule has 8 heteroatoms. The van der Waals surface area contributed by atoms with Gasteiger partial charge < -0.3 is 19.4 Å². The Bertz CT molecular complexity index is 923.